The summed E-state index contributed by atoms with van der Waals surface area (Å²) in [5.74, 6) is -1.09. The number of nitrogens with one attached hydrogen (secondary N) is 2. The van der Waals surface area contributed by atoms with Gasteiger partial charge in [-0.05, 0) is 55.5 Å². The van der Waals surface area contributed by atoms with Crippen LogP contribution in [-0.4, -0.2) is 34.5 Å². The summed E-state index contributed by atoms with van der Waals surface area (Å²) in [5.41, 5.74) is 2.09. The van der Waals surface area contributed by atoms with Crippen LogP contribution in [0.3, 0.4) is 0 Å². The number of para-hydroxylation sites is 1. The van der Waals surface area contributed by atoms with Gasteiger partial charge in [-0.2, -0.15) is 0 Å². The number of hydrogen-bond donors (Lipinski definition) is 4. The molecule has 2 amide bonds. The Kier molecular flexibility index (Phi) is 10.8. The van der Waals surface area contributed by atoms with Crippen molar-refractivity contribution in [3.05, 3.63) is 59.7 Å². The van der Waals surface area contributed by atoms with Crippen LogP contribution in [0.5, 0.6) is 5.75 Å². The summed E-state index contributed by atoms with van der Waals surface area (Å²) in [6.45, 7) is 0.556. The lowest BCUT2D eigenvalue weighted by Crippen LogP contribution is -2.24. The first-order chi connectivity index (χ1) is 15.5. The molecule has 0 unspecified atom stereocenters. The van der Waals surface area contributed by atoms with E-state index in [-0.39, 0.29) is 29.5 Å². The Bertz CT molecular complexity index is 880. The van der Waals surface area contributed by atoms with E-state index in [1.807, 2.05) is 24.3 Å². The van der Waals surface area contributed by atoms with Crippen molar-refractivity contribution in [1.82, 2.24) is 5.32 Å². The molecule has 7 heteroatoms. The van der Waals surface area contributed by atoms with Crippen LogP contribution in [0.15, 0.2) is 48.5 Å². The van der Waals surface area contributed by atoms with Crippen LogP contribution in [0.2, 0.25) is 0 Å². The number of carboxylic acids is 1. The second kappa shape index (κ2) is 13.9. The molecule has 2 aromatic rings. The van der Waals surface area contributed by atoms with Crippen LogP contribution < -0.4 is 10.6 Å². The molecular formula is C25H32N2O5. The number of benzene rings is 2. The molecule has 4 N–H and O–H groups in total. The SMILES string of the molecule is O=C(O)CCCc1ccc(NC(=O)CCCCCCCNC(=O)c2ccccc2O)cc1. The lowest BCUT2D eigenvalue weighted by molar-refractivity contribution is -0.137. The largest absolute Gasteiger partial charge is 0.507 e. The number of carbonyl (C=O) groups excluding carboxylic acids is 2. The van der Waals surface area contributed by atoms with E-state index in [0.29, 0.717) is 25.8 Å². The van der Waals surface area contributed by atoms with E-state index in [2.05, 4.69) is 10.6 Å². The first kappa shape index (κ1) is 24.9. The summed E-state index contributed by atoms with van der Waals surface area (Å²) < 4.78 is 0. The fourth-order valence-corrected chi connectivity index (χ4v) is 3.33. The van der Waals surface area contributed by atoms with Crippen LogP contribution in [0.25, 0.3) is 0 Å². The number of phenolic OH excluding ortho intramolecular Hbond substituents is 1. The third-order valence-corrected chi connectivity index (χ3v) is 5.11. The zero-order valence-electron chi connectivity index (χ0n) is 18.3. The van der Waals surface area contributed by atoms with E-state index in [1.54, 1.807) is 18.2 Å². The van der Waals surface area contributed by atoms with Crippen LogP contribution in [0.1, 0.15) is 67.3 Å². The molecule has 0 bridgehead atoms. The van der Waals surface area contributed by atoms with E-state index in [9.17, 15) is 19.5 Å². The number of unbranched alkanes of at least 4 members (excludes halogenated alkanes) is 4. The Balaban J connectivity index is 1.51. The molecule has 172 valence electrons. The third-order valence-electron chi connectivity index (χ3n) is 5.11. The molecule has 32 heavy (non-hydrogen) atoms. The molecule has 0 radical (unpaired) electrons. The summed E-state index contributed by atoms with van der Waals surface area (Å²) in [5, 5.41) is 24.0. The summed E-state index contributed by atoms with van der Waals surface area (Å²) in [6, 6.07) is 14.0. The number of anilines is 1. The average molecular weight is 441 g/mol. The van der Waals surface area contributed by atoms with Gasteiger partial charge in [-0.1, -0.05) is 43.5 Å². The van der Waals surface area contributed by atoms with Crippen molar-refractivity contribution in [2.45, 2.75) is 57.8 Å². The highest BCUT2D eigenvalue weighted by Crippen LogP contribution is 2.15. The number of aromatic hydroxyl groups is 1. The van der Waals surface area contributed by atoms with Gasteiger partial charge in [0.05, 0.1) is 5.56 Å². The molecule has 0 aliphatic rings. The number of hydrogen-bond acceptors (Lipinski definition) is 4. The van der Waals surface area contributed by atoms with Gasteiger partial charge < -0.3 is 20.8 Å². The van der Waals surface area contributed by atoms with E-state index in [0.717, 1.165) is 43.4 Å². The summed E-state index contributed by atoms with van der Waals surface area (Å²) in [6.07, 6.45) is 6.49. The molecule has 0 aromatic heterocycles. The predicted molar refractivity (Wildman–Crippen MR) is 124 cm³/mol. The van der Waals surface area contributed by atoms with Gasteiger partial charge >= 0.3 is 5.97 Å². The molecule has 0 fully saturated rings. The highest BCUT2D eigenvalue weighted by atomic mass is 16.4. The smallest absolute Gasteiger partial charge is 0.303 e. The van der Waals surface area contributed by atoms with Crippen molar-refractivity contribution >= 4 is 23.5 Å². The first-order valence-corrected chi connectivity index (χ1v) is 11.1. The van der Waals surface area contributed by atoms with Gasteiger partial charge in [0.25, 0.3) is 5.91 Å². The van der Waals surface area contributed by atoms with E-state index >= 15 is 0 Å². The molecule has 0 saturated carbocycles. The monoisotopic (exact) mass is 440 g/mol. The summed E-state index contributed by atoms with van der Waals surface area (Å²) in [4.78, 5) is 34.6. The fourth-order valence-electron chi connectivity index (χ4n) is 3.33. The van der Waals surface area contributed by atoms with Crippen molar-refractivity contribution < 1.29 is 24.6 Å². The molecule has 0 aliphatic carbocycles. The predicted octanol–water partition coefficient (Wildman–Crippen LogP) is 4.51. The van der Waals surface area contributed by atoms with Crippen LogP contribution in [0.4, 0.5) is 5.69 Å². The van der Waals surface area contributed by atoms with Crippen molar-refractivity contribution in [2.75, 3.05) is 11.9 Å². The van der Waals surface area contributed by atoms with Crippen molar-refractivity contribution in [2.24, 2.45) is 0 Å². The summed E-state index contributed by atoms with van der Waals surface area (Å²) in [7, 11) is 0. The number of aryl methyl sites for hydroxylation is 1. The average Bonchev–Trinajstić information content (AvgIpc) is 2.76. The van der Waals surface area contributed by atoms with E-state index < -0.39 is 5.97 Å². The second-order valence-electron chi connectivity index (χ2n) is 7.78. The lowest BCUT2D eigenvalue weighted by Gasteiger charge is -2.07. The standard InChI is InChI=1S/C25H32N2O5/c28-22-11-6-5-10-21(22)25(32)26-18-7-3-1-2-4-12-23(29)27-20-16-14-19(15-17-20)9-8-13-24(30)31/h5-6,10-11,14-17,28H,1-4,7-9,12-13,18H2,(H,26,32)(H,27,29)(H,30,31). The number of carbonyl (C=O) groups is 3. The maximum absolute atomic E-state index is 12.1. The zero-order valence-corrected chi connectivity index (χ0v) is 18.3. The molecule has 2 aromatic carbocycles. The van der Waals surface area contributed by atoms with Gasteiger partial charge in [-0.15, -0.1) is 0 Å². The third kappa shape index (κ3) is 9.64. The number of carboxylic acid groups (broad SMARTS) is 1. The number of amides is 2. The lowest BCUT2D eigenvalue weighted by atomic mass is 10.1. The molecule has 0 spiro atoms. The van der Waals surface area contributed by atoms with E-state index in [4.69, 9.17) is 5.11 Å². The van der Waals surface area contributed by atoms with Crippen molar-refractivity contribution in [3.8, 4) is 5.75 Å². The van der Waals surface area contributed by atoms with Gasteiger partial charge in [-0.25, -0.2) is 0 Å². The molecule has 0 saturated heterocycles. The van der Waals surface area contributed by atoms with Gasteiger partial charge in [0, 0.05) is 25.1 Å². The van der Waals surface area contributed by atoms with Crippen LogP contribution in [-0.2, 0) is 16.0 Å². The normalized spacial score (nSPS) is 10.5. The maximum atomic E-state index is 12.1. The van der Waals surface area contributed by atoms with Gasteiger partial charge in [-0.3, -0.25) is 14.4 Å². The molecule has 2 rings (SSSR count). The Hall–Kier alpha value is -3.35. The zero-order chi connectivity index (χ0) is 23.2. The van der Waals surface area contributed by atoms with Gasteiger partial charge in [0.15, 0.2) is 0 Å². The number of aliphatic carboxylic acids is 1. The van der Waals surface area contributed by atoms with Crippen LogP contribution >= 0.6 is 0 Å². The fraction of sp³-hybridized carbons (Fsp3) is 0.400. The van der Waals surface area contributed by atoms with Crippen molar-refractivity contribution in [3.63, 3.8) is 0 Å². The molecule has 7 nitrogen and oxygen atoms in total. The molecule has 0 heterocycles. The van der Waals surface area contributed by atoms with E-state index in [1.165, 1.54) is 6.07 Å². The number of rotatable bonds is 14. The topological polar surface area (TPSA) is 116 Å². The minimum Gasteiger partial charge on any atom is -0.507 e. The maximum Gasteiger partial charge on any atom is 0.303 e. The quantitative estimate of drug-likeness (QED) is 0.323. The molecule has 0 atom stereocenters. The molecule has 0 aliphatic heterocycles. The molecular weight excluding hydrogens is 408 g/mol. The summed E-state index contributed by atoms with van der Waals surface area (Å²) >= 11 is 0. The Morgan fingerprint density at radius 2 is 1.47 bits per heavy atom. The van der Waals surface area contributed by atoms with Gasteiger partial charge in [0.1, 0.15) is 5.75 Å². The van der Waals surface area contributed by atoms with Crippen molar-refractivity contribution in [1.29, 1.82) is 0 Å². The second-order valence-corrected chi connectivity index (χ2v) is 7.78. The minimum atomic E-state index is -0.787. The highest BCUT2D eigenvalue weighted by molar-refractivity contribution is 5.96. The highest BCUT2D eigenvalue weighted by Gasteiger charge is 2.09. The first-order valence-electron chi connectivity index (χ1n) is 11.1. The van der Waals surface area contributed by atoms with Crippen LogP contribution in [0, 0.1) is 0 Å². The Morgan fingerprint density at radius 1 is 0.781 bits per heavy atom. The minimum absolute atomic E-state index is 0.0152. The Labute approximate surface area is 188 Å². The van der Waals surface area contributed by atoms with Gasteiger partial charge in [0.2, 0.25) is 5.91 Å². The number of phenols is 1. The Morgan fingerprint density at radius 3 is 2.19 bits per heavy atom.